The van der Waals surface area contributed by atoms with Gasteiger partial charge in [-0.3, -0.25) is 4.79 Å². The molecule has 2 N–H and O–H groups in total. The summed E-state index contributed by atoms with van der Waals surface area (Å²) in [5, 5.41) is 11.8. The van der Waals surface area contributed by atoms with Crippen LogP contribution in [0.15, 0.2) is 34.9 Å². The molecule has 2 aromatic rings. The van der Waals surface area contributed by atoms with E-state index < -0.39 is 11.9 Å². The molecule has 23 heavy (non-hydrogen) atoms. The third-order valence-electron chi connectivity index (χ3n) is 3.26. The quantitative estimate of drug-likeness (QED) is 0.811. The minimum atomic E-state index is -1.18. The van der Waals surface area contributed by atoms with Crippen LogP contribution in [-0.2, 0) is 4.74 Å². The Labute approximate surface area is 133 Å². The van der Waals surface area contributed by atoms with Gasteiger partial charge in [0.25, 0.3) is 5.91 Å². The number of amides is 1. The molecule has 0 aliphatic carbocycles. The first-order valence-electron chi connectivity index (χ1n) is 7.06. The predicted octanol–water partition coefficient (Wildman–Crippen LogP) is 2.19. The Hall–Kier alpha value is -2.67. The number of aryl methyl sites for hydroxylation is 1. The fourth-order valence-electron chi connectivity index (χ4n) is 2.09. The van der Waals surface area contributed by atoms with Crippen molar-refractivity contribution in [3.63, 3.8) is 0 Å². The number of pyridine rings is 1. The highest BCUT2D eigenvalue weighted by Crippen LogP contribution is 2.20. The molecule has 1 atom stereocenters. The van der Waals surface area contributed by atoms with Crippen LogP contribution in [0, 0.1) is 6.92 Å². The van der Waals surface area contributed by atoms with E-state index >= 15 is 0 Å². The molecule has 0 spiro atoms. The van der Waals surface area contributed by atoms with Gasteiger partial charge >= 0.3 is 5.97 Å². The molecule has 7 nitrogen and oxygen atoms in total. The normalized spacial score (nSPS) is 11.9. The second-order valence-corrected chi connectivity index (χ2v) is 4.99. The number of furan rings is 1. The maximum absolute atomic E-state index is 12.4. The van der Waals surface area contributed by atoms with Crippen molar-refractivity contribution >= 4 is 11.9 Å². The first-order valence-corrected chi connectivity index (χ1v) is 7.06. The number of carbonyl (C=O) groups is 2. The van der Waals surface area contributed by atoms with E-state index in [1.807, 2.05) is 13.0 Å². The minimum absolute atomic E-state index is 0.181. The lowest BCUT2D eigenvalue weighted by Gasteiger charge is -2.16. The Kier molecular flexibility index (Phi) is 5.48. The average Bonchev–Trinajstić information content (AvgIpc) is 2.97. The fourth-order valence-corrected chi connectivity index (χ4v) is 2.09. The highest BCUT2D eigenvalue weighted by Gasteiger charge is 2.19. The van der Waals surface area contributed by atoms with E-state index in [4.69, 9.17) is 14.3 Å². The summed E-state index contributed by atoms with van der Waals surface area (Å²) >= 11 is 0. The molecule has 0 aromatic carbocycles. The van der Waals surface area contributed by atoms with Gasteiger partial charge in [-0.15, -0.1) is 0 Å². The molecule has 0 aliphatic rings. The zero-order chi connectivity index (χ0) is 16.8. The van der Waals surface area contributed by atoms with Gasteiger partial charge < -0.3 is 19.6 Å². The summed E-state index contributed by atoms with van der Waals surface area (Å²) in [6.07, 6.45) is 1.83. The predicted molar refractivity (Wildman–Crippen MR) is 81.3 cm³/mol. The van der Waals surface area contributed by atoms with Crippen molar-refractivity contribution in [3.8, 4) is 0 Å². The van der Waals surface area contributed by atoms with Crippen LogP contribution in [0.3, 0.4) is 0 Å². The van der Waals surface area contributed by atoms with Crippen molar-refractivity contribution < 1.29 is 23.8 Å². The highest BCUT2D eigenvalue weighted by atomic mass is 16.5. The smallest absolute Gasteiger partial charge is 0.354 e. The van der Waals surface area contributed by atoms with Crippen molar-refractivity contribution in [1.29, 1.82) is 0 Å². The van der Waals surface area contributed by atoms with Gasteiger partial charge in [-0.25, -0.2) is 9.78 Å². The van der Waals surface area contributed by atoms with Crippen molar-refractivity contribution in [2.75, 3.05) is 13.7 Å². The van der Waals surface area contributed by atoms with E-state index in [9.17, 15) is 9.59 Å². The number of carboxylic acids is 1. The highest BCUT2D eigenvalue weighted by molar-refractivity contribution is 5.96. The standard InChI is InChI=1S/C16H18N2O5/c1-10-3-4-14(23-10)12(6-8-22-2)18-15(19)11-5-7-17-13(9-11)16(20)21/h3-5,7,9,12H,6,8H2,1-2H3,(H,18,19)(H,20,21). The molecular weight excluding hydrogens is 300 g/mol. The van der Waals surface area contributed by atoms with Crippen LogP contribution in [0.1, 0.15) is 44.8 Å². The molecule has 1 unspecified atom stereocenters. The number of carbonyl (C=O) groups excluding carboxylic acids is 1. The summed E-state index contributed by atoms with van der Waals surface area (Å²) in [5.74, 6) is -0.212. The summed E-state index contributed by atoms with van der Waals surface area (Å²) in [5.41, 5.74) is 0.0445. The van der Waals surface area contributed by atoms with Gasteiger partial charge in [0, 0.05) is 25.5 Å². The molecule has 1 amide bonds. The summed E-state index contributed by atoms with van der Waals surface area (Å²) in [4.78, 5) is 27.0. The van der Waals surface area contributed by atoms with Crippen molar-refractivity contribution in [1.82, 2.24) is 10.3 Å². The Balaban J connectivity index is 2.16. The second-order valence-electron chi connectivity index (χ2n) is 4.99. The SMILES string of the molecule is COCCC(NC(=O)c1ccnc(C(=O)O)c1)c1ccc(C)o1. The van der Waals surface area contributed by atoms with E-state index in [1.165, 1.54) is 18.3 Å². The van der Waals surface area contributed by atoms with Gasteiger partial charge in [0.1, 0.15) is 17.2 Å². The molecule has 7 heteroatoms. The van der Waals surface area contributed by atoms with E-state index in [0.717, 1.165) is 5.76 Å². The number of hydrogen-bond donors (Lipinski definition) is 2. The molecule has 2 rings (SSSR count). The van der Waals surface area contributed by atoms with E-state index in [0.29, 0.717) is 18.8 Å². The summed E-state index contributed by atoms with van der Waals surface area (Å²) in [7, 11) is 1.58. The summed E-state index contributed by atoms with van der Waals surface area (Å²) in [6.45, 7) is 2.27. The zero-order valence-corrected chi connectivity index (χ0v) is 12.9. The van der Waals surface area contributed by atoms with Gasteiger partial charge in [0.2, 0.25) is 0 Å². The molecule has 0 bridgehead atoms. The topological polar surface area (TPSA) is 102 Å². The number of ether oxygens (including phenoxy) is 1. The van der Waals surface area contributed by atoms with Gasteiger partial charge in [-0.1, -0.05) is 0 Å². The number of nitrogens with zero attached hydrogens (tertiary/aromatic N) is 1. The van der Waals surface area contributed by atoms with Crippen LogP contribution in [0.25, 0.3) is 0 Å². The van der Waals surface area contributed by atoms with E-state index in [-0.39, 0.29) is 17.3 Å². The van der Waals surface area contributed by atoms with Crippen LogP contribution >= 0.6 is 0 Å². The first-order chi connectivity index (χ1) is 11.0. The van der Waals surface area contributed by atoms with Crippen LogP contribution in [0.4, 0.5) is 0 Å². The monoisotopic (exact) mass is 318 g/mol. The lowest BCUT2D eigenvalue weighted by molar-refractivity contribution is 0.0690. The second kappa shape index (κ2) is 7.55. The Morgan fingerprint density at radius 2 is 2.17 bits per heavy atom. The number of aromatic carboxylic acids is 1. The Morgan fingerprint density at radius 3 is 2.78 bits per heavy atom. The molecular formula is C16H18N2O5. The van der Waals surface area contributed by atoms with Crippen LogP contribution < -0.4 is 5.32 Å². The van der Waals surface area contributed by atoms with Crippen LogP contribution in [0.2, 0.25) is 0 Å². The number of rotatable bonds is 7. The average molecular weight is 318 g/mol. The minimum Gasteiger partial charge on any atom is -0.477 e. The molecule has 0 saturated heterocycles. The van der Waals surface area contributed by atoms with Gasteiger partial charge in [0.05, 0.1) is 6.04 Å². The molecule has 0 saturated carbocycles. The number of methoxy groups -OCH3 is 1. The fraction of sp³-hybridized carbons (Fsp3) is 0.312. The number of hydrogen-bond acceptors (Lipinski definition) is 5. The maximum Gasteiger partial charge on any atom is 0.354 e. The maximum atomic E-state index is 12.4. The van der Waals surface area contributed by atoms with Crippen LogP contribution in [-0.4, -0.2) is 35.7 Å². The third kappa shape index (κ3) is 4.40. The Morgan fingerprint density at radius 1 is 1.39 bits per heavy atom. The number of carboxylic acid groups (broad SMARTS) is 1. The molecule has 0 radical (unpaired) electrons. The molecule has 0 fully saturated rings. The van der Waals surface area contributed by atoms with Gasteiger partial charge in [-0.2, -0.15) is 0 Å². The van der Waals surface area contributed by atoms with Gasteiger partial charge in [0.15, 0.2) is 0 Å². The first kappa shape index (κ1) is 16.7. The van der Waals surface area contributed by atoms with Crippen molar-refractivity contribution in [2.24, 2.45) is 0 Å². The number of aromatic nitrogens is 1. The lowest BCUT2D eigenvalue weighted by atomic mass is 10.1. The summed E-state index contributed by atoms with van der Waals surface area (Å²) < 4.78 is 10.6. The van der Waals surface area contributed by atoms with Gasteiger partial charge in [-0.05, 0) is 37.6 Å². The van der Waals surface area contributed by atoms with Crippen molar-refractivity contribution in [2.45, 2.75) is 19.4 Å². The molecule has 0 aliphatic heterocycles. The van der Waals surface area contributed by atoms with Crippen LogP contribution in [0.5, 0.6) is 0 Å². The van der Waals surface area contributed by atoms with E-state index in [2.05, 4.69) is 10.3 Å². The largest absolute Gasteiger partial charge is 0.477 e. The van der Waals surface area contributed by atoms with Crippen molar-refractivity contribution in [3.05, 3.63) is 53.2 Å². The third-order valence-corrected chi connectivity index (χ3v) is 3.26. The molecule has 2 aromatic heterocycles. The summed E-state index contributed by atoms with van der Waals surface area (Å²) in [6, 6.07) is 5.94. The molecule has 2 heterocycles. The zero-order valence-electron chi connectivity index (χ0n) is 12.9. The lowest BCUT2D eigenvalue weighted by Crippen LogP contribution is -2.29. The molecule has 122 valence electrons. The van der Waals surface area contributed by atoms with E-state index in [1.54, 1.807) is 13.2 Å². The number of nitrogens with one attached hydrogen (secondary N) is 1. The Bertz CT molecular complexity index is 695.